The smallest absolute Gasteiger partial charge is 0.227 e. The van der Waals surface area contributed by atoms with Gasteiger partial charge in [-0.25, -0.2) is 4.98 Å². The molecular weight excluding hydrogens is 352 g/mol. The van der Waals surface area contributed by atoms with Crippen LogP contribution in [0, 0.1) is 13.8 Å². The molecule has 0 aliphatic heterocycles. The number of aryl methyl sites for hydroxylation is 2. The van der Waals surface area contributed by atoms with Crippen molar-refractivity contribution in [3.63, 3.8) is 0 Å². The van der Waals surface area contributed by atoms with Crippen molar-refractivity contribution < 1.29 is 14.3 Å². The Balaban J connectivity index is 1.71. The maximum absolute atomic E-state index is 10.2. The van der Waals surface area contributed by atoms with E-state index in [4.69, 9.17) is 9.15 Å². The van der Waals surface area contributed by atoms with E-state index in [9.17, 15) is 5.11 Å². The summed E-state index contributed by atoms with van der Waals surface area (Å²) in [4.78, 5) is 9.13. The highest BCUT2D eigenvalue weighted by Crippen LogP contribution is 2.31. The zero-order chi connectivity index (χ0) is 19.7. The predicted octanol–water partition coefficient (Wildman–Crippen LogP) is 5.58. The molecule has 1 heterocycles. The van der Waals surface area contributed by atoms with E-state index in [-0.39, 0.29) is 5.75 Å². The summed E-state index contributed by atoms with van der Waals surface area (Å²) in [7, 11) is 1.52. The molecule has 0 unspecified atom stereocenters. The first-order valence-electron chi connectivity index (χ1n) is 8.93. The van der Waals surface area contributed by atoms with Gasteiger partial charge in [-0.3, -0.25) is 4.99 Å². The van der Waals surface area contributed by atoms with Crippen LogP contribution in [0.25, 0.3) is 22.6 Å². The van der Waals surface area contributed by atoms with Gasteiger partial charge in [-0.15, -0.1) is 0 Å². The highest BCUT2D eigenvalue weighted by atomic mass is 16.5. The lowest BCUT2D eigenvalue weighted by atomic mass is 10.1. The number of aromatic nitrogens is 1. The van der Waals surface area contributed by atoms with Crippen LogP contribution in [0.1, 0.15) is 16.7 Å². The maximum atomic E-state index is 10.2. The molecule has 0 radical (unpaired) electrons. The number of nitrogens with zero attached hydrogens (tertiary/aromatic N) is 2. The van der Waals surface area contributed by atoms with Crippen molar-refractivity contribution in [2.45, 2.75) is 13.8 Å². The fourth-order valence-electron chi connectivity index (χ4n) is 2.98. The molecule has 0 spiro atoms. The van der Waals surface area contributed by atoms with Gasteiger partial charge in [0.25, 0.3) is 0 Å². The maximum Gasteiger partial charge on any atom is 0.227 e. The number of para-hydroxylation sites is 1. The third-order valence-corrected chi connectivity index (χ3v) is 4.59. The van der Waals surface area contributed by atoms with Gasteiger partial charge in [0.15, 0.2) is 17.1 Å². The monoisotopic (exact) mass is 372 g/mol. The van der Waals surface area contributed by atoms with Crippen molar-refractivity contribution in [3.8, 4) is 23.0 Å². The minimum Gasteiger partial charge on any atom is -0.504 e. The molecule has 28 heavy (non-hydrogen) atoms. The number of methoxy groups -OCH3 is 1. The first-order valence-corrected chi connectivity index (χ1v) is 8.93. The molecule has 0 atom stereocenters. The molecule has 0 aliphatic rings. The topological polar surface area (TPSA) is 67.9 Å². The van der Waals surface area contributed by atoms with Gasteiger partial charge < -0.3 is 14.3 Å². The van der Waals surface area contributed by atoms with Gasteiger partial charge in [-0.2, -0.15) is 0 Å². The Hall–Kier alpha value is -3.60. The fourth-order valence-corrected chi connectivity index (χ4v) is 2.98. The highest BCUT2D eigenvalue weighted by Gasteiger charge is 2.10. The number of rotatable bonds is 4. The van der Waals surface area contributed by atoms with E-state index in [1.165, 1.54) is 7.11 Å². The molecule has 0 bridgehead atoms. The van der Waals surface area contributed by atoms with Crippen LogP contribution in [-0.4, -0.2) is 23.4 Å². The molecule has 0 aliphatic carbocycles. The molecule has 1 N–H and O–H groups in total. The highest BCUT2D eigenvalue weighted by molar-refractivity contribution is 5.87. The van der Waals surface area contributed by atoms with Crippen LogP contribution in [-0.2, 0) is 0 Å². The number of benzene rings is 3. The Labute approximate surface area is 163 Å². The van der Waals surface area contributed by atoms with Gasteiger partial charge in [0.1, 0.15) is 5.52 Å². The van der Waals surface area contributed by atoms with Crippen molar-refractivity contribution in [1.82, 2.24) is 4.98 Å². The second-order valence-electron chi connectivity index (χ2n) is 6.65. The number of hydrogen-bond donors (Lipinski definition) is 1. The molecule has 4 aromatic rings. The largest absolute Gasteiger partial charge is 0.504 e. The molecule has 3 aromatic carbocycles. The summed E-state index contributed by atoms with van der Waals surface area (Å²) in [6.45, 7) is 4.01. The summed E-state index contributed by atoms with van der Waals surface area (Å²) in [5, 5.41) is 10.2. The minimum absolute atomic E-state index is 0.0666. The molecule has 4 rings (SSSR count). The number of hydrogen-bond acceptors (Lipinski definition) is 5. The van der Waals surface area contributed by atoms with Crippen LogP contribution >= 0.6 is 0 Å². The lowest BCUT2D eigenvalue weighted by Gasteiger charge is -2.06. The number of ether oxygens (including phenoxy) is 1. The van der Waals surface area contributed by atoms with E-state index in [1.807, 2.05) is 56.3 Å². The van der Waals surface area contributed by atoms with Gasteiger partial charge in [0.05, 0.1) is 12.8 Å². The molecule has 0 fully saturated rings. The fraction of sp³-hybridized carbons (Fsp3) is 0.130. The van der Waals surface area contributed by atoms with Gasteiger partial charge >= 0.3 is 0 Å². The van der Waals surface area contributed by atoms with E-state index in [0.29, 0.717) is 17.2 Å². The van der Waals surface area contributed by atoms with Crippen LogP contribution in [0.2, 0.25) is 0 Å². The van der Waals surface area contributed by atoms with Crippen LogP contribution in [0.5, 0.6) is 11.5 Å². The van der Waals surface area contributed by atoms with Gasteiger partial charge in [0.2, 0.25) is 5.89 Å². The first-order chi connectivity index (χ1) is 13.5. The number of phenolic OH excluding ortho intramolecular Hbond substituents is 1. The summed E-state index contributed by atoms with van der Waals surface area (Å²) >= 11 is 0. The standard InChI is InChI=1S/C23H20N2O3/c1-14-7-10-18-21(11-14)28-23(25-18)16-9-8-15(2)19(12-16)24-13-17-5-4-6-20(27-3)22(17)26/h4-13,26H,1-3H3. The average Bonchev–Trinajstić information content (AvgIpc) is 3.11. The zero-order valence-corrected chi connectivity index (χ0v) is 15.9. The Kier molecular flexibility index (Phi) is 4.57. The zero-order valence-electron chi connectivity index (χ0n) is 15.9. The number of aliphatic imine (C=N–C) groups is 1. The summed E-state index contributed by atoms with van der Waals surface area (Å²) in [5.74, 6) is 1.04. The van der Waals surface area contributed by atoms with Gasteiger partial charge in [-0.1, -0.05) is 18.2 Å². The van der Waals surface area contributed by atoms with Gasteiger partial charge in [-0.05, 0) is 61.4 Å². The van der Waals surface area contributed by atoms with E-state index < -0.39 is 0 Å². The van der Waals surface area contributed by atoms with Crippen molar-refractivity contribution in [2.75, 3.05) is 7.11 Å². The van der Waals surface area contributed by atoms with Gasteiger partial charge in [0, 0.05) is 17.3 Å². The van der Waals surface area contributed by atoms with Crippen molar-refractivity contribution in [3.05, 3.63) is 71.3 Å². The number of phenols is 1. The molecule has 5 nitrogen and oxygen atoms in total. The normalized spacial score (nSPS) is 11.4. The van der Waals surface area contributed by atoms with Crippen LogP contribution < -0.4 is 4.74 Å². The second kappa shape index (κ2) is 7.19. The molecule has 140 valence electrons. The first kappa shape index (κ1) is 17.8. The van der Waals surface area contributed by atoms with E-state index >= 15 is 0 Å². The van der Waals surface area contributed by atoms with Crippen molar-refractivity contribution in [2.24, 2.45) is 4.99 Å². The van der Waals surface area contributed by atoms with Crippen LogP contribution in [0.4, 0.5) is 5.69 Å². The molecule has 5 heteroatoms. The summed E-state index contributed by atoms with van der Waals surface area (Å²) in [5.41, 5.74) is 5.94. The Morgan fingerprint density at radius 3 is 2.75 bits per heavy atom. The number of aromatic hydroxyl groups is 1. The molecule has 1 aromatic heterocycles. The molecule has 0 saturated heterocycles. The van der Waals surface area contributed by atoms with E-state index in [0.717, 1.165) is 33.5 Å². The van der Waals surface area contributed by atoms with Crippen LogP contribution in [0.15, 0.2) is 64.0 Å². The predicted molar refractivity (Wildman–Crippen MR) is 111 cm³/mol. The second-order valence-corrected chi connectivity index (χ2v) is 6.65. The molecular formula is C23H20N2O3. The van der Waals surface area contributed by atoms with E-state index in [1.54, 1.807) is 18.3 Å². The SMILES string of the molecule is COc1cccc(C=Nc2cc(-c3nc4ccc(C)cc4o3)ccc2C)c1O. The summed E-state index contributed by atoms with van der Waals surface area (Å²) in [6, 6.07) is 17.1. The average molecular weight is 372 g/mol. The summed E-state index contributed by atoms with van der Waals surface area (Å²) < 4.78 is 11.1. The Bertz CT molecular complexity index is 1190. The quantitative estimate of drug-likeness (QED) is 0.475. The van der Waals surface area contributed by atoms with E-state index in [2.05, 4.69) is 9.98 Å². The lowest BCUT2D eigenvalue weighted by Crippen LogP contribution is -1.88. The molecule has 0 amide bonds. The third-order valence-electron chi connectivity index (χ3n) is 4.59. The van der Waals surface area contributed by atoms with Crippen LogP contribution in [0.3, 0.4) is 0 Å². The number of fused-ring (bicyclic) bond motifs is 1. The van der Waals surface area contributed by atoms with Crippen molar-refractivity contribution in [1.29, 1.82) is 0 Å². The Morgan fingerprint density at radius 2 is 1.93 bits per heavy atom. The van der Waals surface area contributed by atoms with Crippen molar-refractivity contribution >= 4 is 23.0 Å². The number of oxazole rings is 1. The Morgan fingerprint density at radius 1 is 1.07 bits per heavy atom. The third kappa shape index (κ3) is 3.34. The minimum atomic E-state index is 0.0666. The summed E-state index contributed by atoms with van der Waals surface area (Å²) in [6.07, 6.45) is 1.62. The molecule has 0 saturated carbocycles. The lowest BCUT2D eigenvalue weighted by molar-refractivity contribution is 0.373.